The van der Waals surface area contributed by atoms with Crippen molar-refractivity contribution >= 4 is 17.7 Å². The molecule has 0 saturated carbocycles. The monoisotopic (exact) mass is 265 g/mol. The number of nitrogens with two attached hydrogens (primary N) is 1. The first-order valence-electron chi connectivity index (χ1n) is 5.33. The quantitative estimate of drug-likeness (QED) is 0.832. The van der Waals surface area contributed by atoms with Gasteiger partial charge >= 0.3 is 0 Å². The van der Waals surface area contributed by atoms with Crippen LogP contribution < -0.4 is 5.73 Å². The highest BCUT2D eigenvalue weighted by atomic mass is 32.2. The van der Waals surface area contributed by atoms with E-state index < -0.39 is 0 Å². The van der Waals surface area contributed by atoms with E-state index in [2.05, 4.69) is 9.97 Å². The first-order valence-corrected chi connectivity index (χ1v) is 6.21. The number of benzene rings is 1. The van der Waals surface area contributed by atoms with Crippen LogP contribution in [0.25, 0.3) is 11.3 Å². The highest BCUT2D eigenvalue weighted by Gasteiger charge is 2.13. The zero-order valence-corrected chi connectivity index (χ0v) is 10.5. The number of rotatable bonds is 4. The van der Waals surface area contributed by atoms with Crippen molar-refractivity contribution in [1.82, 2.24) is 9.97 Å². The molecule has 2 rings (SSSR count). The van der Waals surface area contributed by atoms with Gasteiger partial charge in [-0.25, -0.2) is 9.37 Å². The summed E-state index contributed by atoms with van der Waals surface area (Å²) in [6.07, 6.45) is 1.64. The van der Waals surface area contributed by atoms with Crippen LogP contribution in [0.3, 0.4) is 0 Å². The summed E-state index contributed by atoms with van der Waals surface area (Å²) < 4.78 is 12.8. The molecular formula is C12H12FN3OS. The lowest BCUT2D eigenvalue weighted by atomic mass is 10.2. The molecule has 94 valence electrons. The lowest BCUT2D eigenvalue weighted by Gasteiger charge is -2.03. The minimum absolute atomic E-state index is 0.282. The van der Waals surface area contributed by atoms with Gasteiger partial charge in [-0.05, 0) is 36.8 Å². The Balaban J connectivity index is 2.15. The van der Waals surface area contributed by atoms with Crippen molar-refractivity contribution in [1.29, 1.82) is 0 Å². The van der Waals surface area contributed by atoms with Gasteiger partial charge in [0.15, 0.2) is 5.16 Å². The van der Waals surface area contributed by atoms with Crippen LogP contribution in [0.5, 0.6) is 0 Å². The molecule has 0 saturated heterocycles. The first-order chi connectivity index (χ1) is 8.56. The average Bonchev–Trinajstić information content (AvgIpc) is 2.78. The van der Waals surface area contributed by atoms with Crippen LogP contribution in [0, 0.1) is 5.82 Å². The number of hydrogen-bond acceptors (Lipinski definition) is 3. The molecule has 1 heterocycles. The molecule has 0 aliphatic heterocycles. The van der Waals surface area contributed by atoms with E-state index in [9.17, 15) is 9.18 Å². The molecule has 0 radical (unpaired) electrons. The molecule has 0 aliphatic rings. The Morgan fingerprint density at radius 2 is 2.11 bits per heavy atom. The van der Waals surface area contributed by atoms with E-state index in [4.69, 9.17) is 5.73 Å². The number of aromatic amines is 1. The highest BCUT2D eigenvalue weighted by Crippen LogP contribution is 2.24. The molecule has 1 unspecified atom stereocenters. The summed E-state index contributed by atoms with van der Waals surface area (Å²) in [5.41, 5.74) is 6.78. The van der Waals surface area contributed by atoms with Crippen LogP contribution in [-0.4, -0.2) is 21.1 Å². The van der Waals surface area contributed by atoms with Gasteiger partial charge < -0.3 is 10.7 Å². The summed E-state index contributed by atoms with van der Waals surface area (Å²) in [4.78, 5) is 18.1. The highest BCUT2D eigenvalue weighted by molar-refractivity contribution is 8.00. The second-order valence-corrected chi connectivity index (χ2v) is 5.10. The largest absolute Gasteiger partial charge is 0.369 e. The van der Waals surface area contributed by atoms with Crippen molar-refractivity contribution in [2.75, 3.05) is 0 Å². The summed E-state index contributed by atoms with van der Waals surface area (Å²) in [5, 5.41) is 0.262. The number of hydrogen-bond donors (Lipinski definition) is 2. The summed E-state index contributed by atoms with van der Waals surface area (Å²) >= 11 is 1.26. The van der Waals surface area contributed by atoms with E-state index in [-0.39, 0.29) is 17.0 Å². The third kappa shape index (κ3) is 2.89. The fourth-order valence-corrected chi connectivity index (χ4v) is 2.10. The van der Waals surface area contributed by atoms with Gasteiger partial charge in [0.1, 0.15) is 5.82 Å². The van der Waals surface area contributed by atoms with Crippen LogP contribution in [0.1, 0.15) is 6.92 Å². The van der Waals surface area contributed by atoms with Crippen molar-refractivity contribution in [2.24, 2.45) is 5.73 Å². The average molecular weight is 265 g/mol. The molecule has 0 bridgehead atoms. The van der Waals surface area contributed by atoms with Gasteiger partial charge in [0, 0.05) is 0 Å². The molecule has 2 aromatic rings. The van der Waals surface area contributed by atoms with Gasteiger partial charge in [-0.15, -0.1) is 0 Å². The summed E-state index contributed by atoms with van der Waals surface area (Å²) in [5.74, 6) is -0.671. The van der Waals surface area contributed by atoms with E-state index in [0.717, 1.165) is 11.3 Å². The summed E-state index contributed by atoms with van der Waals surface area (Å²) in [6.45, 7) is 1.72. The molecule has 18 heavy (non-hydrogen) atoms. The number of halogens is 1. The molecule has 3 N–H and O–H groups in total. The number of amides is 1. The number of primary amides is 1. The van der Waals surface area contributed by atoms with Gasteiger partial charge in [0.05, 0.1) is 17.1 Å². The molecule has 4 nitrogen and oxygen atoms in total. The molecule has 1 aromatic heterocycles. The molecule has 1 aromatic carbocycles. The molecule has 6 heteroatoms. The zero-order chi connectivity index (χ0) is 13.1. The maximum atomic E-state index is 12.8. The minimum Gasteiger partial charge on any atom is -0.369 e. The molecule has 1 atom stereocenters. The van der Waals surface area contributed by atoms with Gasteiger partial charge in [-0.3, -0.25) is 4.79 Å². The number of nitrogens with one attached hydrogen (secondary N) is 1. The number of H-pyrrole nitrogens is 1. The zero-order valence-electron chi connectivity index (χ0n) is 9.68. The Kier molecular flexibility index (Phi) is 3.66. The molecule has 0 aliphatic carbocycles. The molecule has 1 amide bonds. The predicted octanol–water partition coefficient (Wildman–Crippen LogP) is 2.18. The standard InChI is InChI=1S/C12H12FN3OS/c1-7(11(14)17)18-12-15-6-10(16-12)8-2-4-9(13)5-3-8/h2-7H,1H3,(H2,14,17)(H,15,16). The lowest BCUT2D eigenvalue weighted by Crippen LogP contribution is -2.22. The van der Waals surface area contributed by atoms with Crippen molar-refractivity contribution in [3.63, 3.8) is 0 Å². The van der Waals surface area contributed by atoms with E-state index in [0.29, 0.717) is 5.16 Å². The fourth-order valence-electron chi connectivity index (χ4n) is 1.36. The minimum atomic E-state index is -0.389. The number of carbonyl (C=O) groups excluding carboxylic acids is 1. The lowest BCUT2D eigenvalue weighted by molar-refractivity contribution is -0.117. The van der Waals surface area contributed by atoms with Crippen molar-refractivity contribution < 1.29 is 9.18 Å². The summed E-state index contributed by atoms with van der Waals surface area (Å²) in [6, 6.07) is 6.09. The van der Waals surface area contributed by atoms with Crippen LogP contribution in [0.4, 0.5) is 4.39 Å². The Morgan fingerprint density at radius 1 is 1.44 bits per heavy atom. The van der Waals surface area contributed by atoms with Crippen molar-refractivity contribution in [2.45, 2.75) is 17.3 Å². The van der Waals surface area contributed by atoms with E-state index >= 15 is 0 Å². The van der Waals surface area contributed by atoms with Crippen LogP contribution >= 0.6 is 11.8 Å². The third-order valence-corrected chi connectivity index (χ3v) is 3.41. The SMILES string of the molecule is CC(Sc1ncc(-c2ccc(F)cc2)[nH]1)C(N)=O. The third-order valence-electron chi connectivity index (χ3n) is 2.40. The first kappa shape index (κ1) is 12.6. The fraction of sp³-hybridized carbons (Fsp3) is 0.167. The molecule has 0 fully saturated rings. The van der Waals surface area contributed by atoms with Crippen LogP contribution in [0.15, 0.2) is 35.6 Å². The van der Waals surface area contributed by atoms with Gasteiger partial charge in [0.2, 0.25) is 5.91 Å². The Hall–Kier alpha value is -1.82. The Bertz CT molecular complexity index is 553. The number of thioether (sulfide) groups is 1. The van der Waals surface area contributed by atoms with Crippen molar-refractivity contribution in [3.8, 4) is 11.3 Å². The number of nitrogens with zero attached hydrogens (tertiary/aromatic N) is 1. The maximum Gasteiger partial charge on any atom is 0.230 e. The number of aromatic nitrogens is 2. The van der Waals surface area contributed by atoms with E-state index in [1.54, 1.807) is 25.3 Å². The predicted molar refractivity (Wildman–Crippen MR) is 68.5 cm³/mol. The second kappa shape index (κ2) is 5.22. The van der Waals surface area contributed by atoms with Gasteiger partial charge in [0.25, 0.3) is 0 Å². The van der Waals surface area contributed by atoms with Crippen molar-refractivity contribution in [3.05, 3.63) is 36.3 Å². The number of carbonyl (C=O) groups is 1. The smallest absolute Gasteiger partial charge is 0.230 e. The van der Waals surface area contributed by atoms with Crippen LogP contribution in [0.2, 0.25) is 0 Å². The topological polar surface area (TPSA) is 71.8 Å². The maximum absolute atomic E-state index is 12.8. The Morgan fingerprint density at radius 3 is 2.72 bits per heavy atom. The molecular weight excluding hydrogens is 253 g/mol. The number of imidazole rings is 1. The van der Waals surface area contributed by atoms with E-state index in [1.165, 1.54) is 23.9 Å². The normalized spacial score (nSPS) is 12.3. The molecule has 0 spiro atoms. The summed E-state index contributed by atoms with van der Waals surface area (Å²) in [7, 11) is 0. The Labute approximate surface area is 108 Å². The second-order valence-electron chi connectivity index (χ2n) is 3.77. The van der Waals surface area contributed by atoms with E-state index in [1.807, 2.05) is 0 Å². The van der Waals surface area contributed by atoms with Crippen LogP contribution in [-0.2, 0) is 4.79 Å². The van der Waals surface area contributed by atoms with Gasteiger partial charge in [-0.1, -0.05) is 11.8 Å². The van der Waals surface area contributed by atoms with Gasteiger partial charge in [-0.2, -0.15) is 0 Å².